The molecule has 2 aromatic carbocycles. The second-order valence-corrected chi connectivity index (χ2v) is 7.80. The summed E-state index contributed by atoms with van der Waals surface area (Å²) >= 11 is 1.63. The van der Waals surface area contributed by atoms with Crippen molar-refractivity contribution in [2.75, 3.05) is 43.9 Å². The third-order valence-corrected chi connectivity index (χ3v) is 5.82. The first-order chi connectivity index (χ1) is 13.2. The van der Waals surface area contributed by atoms with E-state index < -0.39 is 0 Å². The van der Waals surface area contributed by atoms with Crippen molar-refractivity contribution in [3.8, 4) is 0 Å². The van der Waals surface area contributed by atoms with E-state index in [4.69, 9.17) is 0 Å². The zero-order chi connectivity index (χ0) is 19.1. The molecule has 142 valence electrons. The molecule has 0 spiro atoms. The van der Waals surface area contributed by atoms with Gasteiger partial charge in [0, 0.05) is 49.1 Å². The number of nitrogens with one attached hydrogen (secondary N) is 1. The van der Waals surface area contributed by atoms with Crippen LogP contribution in [0.25, 0.3) is 0 Å². The van der Waals surface area contributed by atoms with Crippen LogP contribution in [0.3, 0.4) is 0 Å². The Morgan fingerprint density at radius 3 is 2.52 bits per heavy atom. The van der Waals surface area contributed by atoms with Gasteiger partial charge in [-0.1, -0.05) is 30.3 Å². The number of nitrogens with zero attached hydrogens (tertiary/aromatic N) is 2. The van der Waals surface area contributed by atoms with Gasteiger partial charge in [-0.25, -0.2) is 0 Å². The lowest BCUT2D eigenvalue weighted by atomic mass is 10.1. The van der Waals surface area contributed by atoms with Crippen LogP contribution in [0, 0.1) is 0 Å². The molecule has 4 nitrogen and oxygen atoms in total. The smallest absolute Gasteiger partial charge is 0.252 e. The van der Waals surface area contributed by atoms with Crippen LogP contribution in [-0.2, 0) is 6.54 Å². The van der Waals surface area contributed by atoms with Crippen LogP contribution in [0.4, 0.5) is 5.69 Å². The van der Waals surface area contributed by atoms with Crippen molar-refractivity contribution in [2.45, 2.75) is 11.4 Å². The maximum absolute atomic E-state index is 12.6. The van der Waals surface area contributed by atoms with E-state index >= 15 is 0 Å². The SMILES string of the molecule is C=CCSc1ccccc1C(=O)NCc1ccc(N2CCN(C)CC2)cc1. The number of rotatable bonds is 7. The van der Waals surface area contributed by atoms with Gasteiger partial charge in [0.2, 0.25) is 0 Å². The average molecular weight is 382 g/mol. The lowest BCUT2D eigenvalue weighted by molar-refractivity contribution is 0.0948. The molecule has 1 fully saturated rings. The van der Waals surface area contributed by atoms with E-state index in [1.807, 2.05) is 30.3 Å². The molecule has 0 bridgehead atoms. The molecule has 1 N–H and O–H groups in total. The normalized spacial score (nSPS) is 14.8. The third kappa shape index (κ3) is 5.37. The largest absolute Gasteiger partial charge is 0.369 e. The van der Waals surface area contributed by atoms with Crippen LogP contribution in [0.15, 0.2) is 66.1 Å². The van der Waals surface area contributed by atoms with E-state index in [1.165, 1.54) is 5.69 Å². The number of anilines is 1. The Morgan fingerprint density at radius 1 is 1.11 bits per heavy atom. The van der Waals surface area contributed by atoms with Crippen LogP contribution in [0.5, 0.6) is 0 Å². The Kier molecular flexibility index (Phi) is 6.96. The molecule has 27 heavy (non-hydrogen) atoms. The standard InChI is InChI=1S/C22H27N3OS/c1-3-16-27-21-7-5-4-6-20(21)22(26)23-17-18-8-10-19(11-9-18)25-14-12-24(2)13-15-25/h3-11H,1,12-17H2,2H3,(H,23,26). The van der Waals surface area contributed by atoms with Crippen molar-refractivity contribution >= 4 is 23.4 Å². The fourth-order valence-electron chi connectivity index (χ4n) is 3.10. The summed E-state index contributed by atoms with van der Waals surface area (Å²) in [6, 6.07) is 16.2. The molecule has 2 aromatic rings. The van der Waals surface area contributed by atoms with Gasteiger partial charge in [-0.3, -0.25) is 4.79 Å². The summed E-state index contributed by atoms with van der Waals surface area (Å²) in [5.41, 5.74) is 3.08. The quantitative estimate of drug-likeness (QED) is 0.587. The number of likely N-dealkylation sites (N-methyl/N-ethyl adjacent to an activating group) is 1. The maximum Gasteiger partial charge on any atom is 0.252 e. The summed E-state index contributed by atoms with van der Waals surface area (Å²) in [7, 11) is 2.16. The molecular weight excluding hydrogens is 354 g/mol. The monoisotopic (exact) mass is 381 g/mol. The fourth-order valence-corrected chi connectivity index (χ4v) is 3.88. The number of amides is 1. The Labute approximate surface area is 166 Å². The summed E-state index contributed by atoms with van der Waals surface area (Å²) in [6.45, 7) is 8.59. The number of carbonyl (C=O) groups excluding carboxylic acids is 1. The van der Waals surface area contributed by atoms with Gasteiger partial charge >= 0.3 is 0 Å². The summed E-state index contributed by atoms with van der Waals surface area (Å²) in [5.74, 6) is 0.753. The number of hydrogen-bond donors (Lipinski definition) is 1. The molecule has 0 aromatic heterocycles. The summed E-state index contributed by atoms with van der Waals surface area (Å²) in [4.78, 5) is 18.3. The lowest BCUT2D eigenvalue weighted by Gasteiger charge is -2.34. The molecule has 1 aliphatic heterocycles. The van der Waals surface area contributed by atoms with Gasteiger partial charge in [-0.15, -0.1) is 18.3 Å². The molecule has 0 saturated carbocycles. The van der Waals surface area contributed by atoms with Crippen molar-refractivity contribution in [3.05, 3.63) is 72.3 Å². The Balaban J connectivity index is 1.57. The maximum atomic E-state index is 12.6. The summed E-state index contributed by atoms with van der Waals surface area (Å²) < 4.78 is 0. The first-order valence-corrected chi connectivity index (χ1v) is 10.3. The van der Waals surface area contributed by atoms with Gasteiger partial charge in [-0.2, -0.15) is 0 Å². The Bertz CT molecular complexity index is 767. The van der Waals surface area contributed by atoms with E-state index in [9.17, 15) is 4.79 Å². The van der Waals surface area contributed by atoms with Gasteiger partial charge in [0.15, 0.2) is 0 Å². The molecule has 0 radical (unpaired) electrons. The number of benzene rings is 2. The van der Waals surface area contributed by atoms with Gasteiger partial charge in [-0.05, 0) is 36.9 Å². The molecule has 1 saturated heterocycles. The highest BCUT2D eigenvalue weighted by Gasteiger charge is 2.14. The molecule has 1 amide bonds. The van der Waals surface area contributed by atoms with Crippen molar-refractivity contribution in [1.29, 1.82) is 0 Å². The lowest BCUT2D eigenvalue weighted by Crippen LogP contribution is -2.44. The van der Waals surface area contributed by atoms with Crippen LogP contribution in [-0.4, -0.2) is 49.8 Å². The first kappa shape index (κ1) is 19.5. The van der Waals surface area contributed by atoms with E-state index in [0.29, 0.717) is 6.54 Å². The van der Waals surface area contributed by atoms with Crippen molar-refractivity contribution < 1.29 is 4.79 Å². The highest BCUT2D eigenvalue weighted by atomic mass is 32.2. The fraction of sp³-hybridized carbons (Fsp3) is 0.318. The molecule has 5 heteroatoms. The van der Waals surface area contributed by atoms with Gasteiger partial charge in [0.05, 0.1) is 5.56 Å². The minimum Gasteiger partial charge on any atom is -0.369 e. The third-order valence-electron chi connectivity index (χ3n) is 4.75. The van der Waals surface area contributed by atoms with Crippen molar-refractivity contribution in [3.63, 3.8) is 0 Å². The topological polar surface area (TPSA) is 35.6 Å². The zero-order valence-corrected chi connectivity index (χ0v) is 16.7. The van der Waals surface area contributed by atoms with Crippen molar-refractivity contribution in [2.24, 2.45) is 0 Å². The second-order valence-electron chi connectivity index (χ2n) is 6.74. The summed E-state index contributed by atoms with van der Waals surface area (Å²) in [6.07, 6.45) is 1.85. The van der Waals surface area contributed by atoms with E-state index in [-0.39, 0.29) is 5.91 Å². The van der Waals surface area contributed by atoms with Crippen LogP contribution >= 0.6 is 11.8 Å². The number of hydrogen-bond acceptors (Lipinski definition) is 4. The minimum absolute atomic E-state index is 0.0368. The molecule has 0 aliphatic carbocycles. The number of carbonyl (C=O) groups is 1. The first-order valence-electron chi connectivity index (χ1n) is 9.30. The Hall–Kier alpha value is -2.24. The van der Waals surface area contributed by atoms with E-state index in [2.05, 4.69) is 53.0 Å². The molecule has 0 atom stereocenters. The Morgan fingerprint density at radius 2 is 1.81 bits per heavy atom. The highest BCUT2D eigenvalue weighted by molar-refractivity contribution is 7.99. The number of thioether (sulfide) groups is 1. The molecule has 1 aliphatic rings. The molecule has 3 rings (SSSR count). The second kappa shape index (κ2) is 9.62. The predicted octanol–water partition coefficient (Wildman–Crippen LogP) is 3.65. The van der Waals surface area contributed by atoms with Crippen LogP contribution in [0.2, 0.25) is 0 Å². The predicted molar refractivity (Wildman–Crippen MR) is 115 cm³/mol. The summed E-state index contributed by atoms with van der Waals surface area (Å²) in [5, 5.41) is 3.04. The van der Waals surface area contributed by atoms with Gasteiger partial charge < -0.3 is 15.1 Å². The van der Waals surface area contributed by atoms with Crippen molar-refractivity contribution in [1.82, 2.24) is 10.2 Å². The van der Waals surface area contributed by atoms with Gasteiger partial charge in [0.1, 0.15) is 0 Å². The van der Waals surface area contributed by atoms with E-state index in [0.717, 1.165) is 48.0 Å². The minimum atomic E-state index is -0.0368. The number of piperazine rings is 1. The van der Waals surface area contributed by atoms with E-state index in [1.54, 1.807) is 11.8 Å². The molecule has 0 unspecified atom stereocenters. The average Bonchev–Trinajstić information content (AvgIpc) is 2.72. The zero-order valence-electron chi connectivity index (χ0n) is 15.9. The van der Waals surface area contributed by atoms with Crippen LogP contribution < -0.4 is 10.2 Å². The van der Waals surface area contributed by atoms with Gasteiger partial charge in [0.25, 0.3) is 5.91 Å². The highest BCUT2D eigenvalue weighted by Crippen LogP contribution is 2.23. The molecular formula is C22H27N3OS. The van der Waals surface area contributed by atoms with Crippen LogP contribution in [0.1, 0.15) is 15.9 Å². The molecule has 1 heterocycles.